The molecular formula is C12H18N2O. The summed E-state index contributed by atoms with van der Waals surface area (Å²) in [5.74, 6) is 0. The van der Waals surface area contributed by atoms with Crippen molar-refractivity contribution in [3.8, 4) is 0 Å². The zero-order valence-corrected chi connectivity index (χ0v) is 9.20. The third kappa shape index (κ3) is 2.29. The van der Waals surface area contributed by atoms with Crippen LogP contribution in [0.15, 0.2) is 23.1 Å². The average Bonchev–Trinajstić information content (AvgIpc) is 2.30. The van der Waals surface area contributed by atoms with E-state index in [2.05, 4.69) is 16.8 Å². The van der Waals surface area contributed by atoms with Crippen molar-refractivity contribution < 1.29 is 0 Å². The molecule has 1 N–H and O–H groups in total. The van der Waals surface area contributed by atoms with Crippen LogP contribution in [0.5, 0.6) is 0 Å². The molecular weight excluding hydrogens is 188 g/mol. The lowest BCUT2D eigenvalue weighted by molar-refractivity contribution is 0.157. The molecule has 1 aliphatic heterocycles. The number of piperidine rings is 1. The Morgan fingerprint density at radius 2 is 2.33 bits per heavy atom. The van der Waals surface area contributed by atoms with E-state index in [0.717, 1.165) is 6.54 Å². The van der Waals surface area contributed by atoms with Crippen molar-refractivity contribution in [1.29, 1.82) is 0 Å². The molecule has 0 unspecified atom stereocenters. The van der Waals surface area contributed by atoms with Crippen LogP contribution in [0.2, 0.25) is 0 Å². The summed E-state index contributed by atoms with van der Waals surface area (Å²) < 4.78 is 0. The number of hydrogen-bond donors (Lipinski definition) is 1. The lowest BCUT2D eigenvalue weighted by Crippen LogP contribution is -2.33. The van der Waals surface area contributed by atoms with Gasteiger partial charge in [0.05, 0.1) is 0 Å². The van der Waals surface area contributed by atoms with Crippen LogP contribution >= 0.6 is 0 Å². The normalized spacial score (nSPS) is 22.9. The zero-order chi connectivity index (χ0) is 10.7. The maximum Gasteiger partial charge on any atom is 0.247 e. The molecule has 0 aliphatic carbocycles. The zero-order valence-electron chi connectivity index (χ0n) is 9.20. The molecule has 0 amide bonds. The van der Waals surface area contributed by atoms with Gasteiger partial charge in [-0.3, -0.25) is 9.69 Å². The number of pyridine rings is 1. The Morgan fingerprint density at radius 1 is 1.47 bits per heavy atom. The Hall–Kier alpha value is -1.09. The molecule has 1 atom stereocenters. The molecule has 1 aromatic rings. The van der Waals surface area contributed by atoms with Gasteiger partial charge in [-0.05, 0) is 31.5 Å². The summed E-state index contributed by atoms with van der Waals surface area (Å²) in [7, 11) is 0. The second-order valence-corrected chi connectivity index (χ2v) is 4.13. The Morgan fingerprint density at radius 3 is 3.00 bits per heavy atom. The lowest BCUT2D eigenvalue weighted by atomic mass is 9.96. The fraction of sp³-hybridized carbons (Fsp3) is 0.583. The lowest BCUT2D eigenvalue weighted by Gasteiger charge is -2.34. The maximum absolute atomic E-state index is 11.0. The molecule has 2 heterocycles. The molecule has 1 aliphatic rings. The molecule has 15 heavy (non-hydrogen) atoms. The first-order valence-electron chi connectivity index (χ1n) is 5.74. The molecule has 1 fully saturated rings. The minimum atomic E-state index is -0.0161. The van der Waals surface area contributed by atoms with Gasteiger partial charge in [0.25, 0.3) is 0 Å². The summed E-state index contributed by atoms with van der Waals surface area (Å²) in [6.07, 6.45) is 5.66. The Kier molecular flexibility index (Phi) is 3.21. The first-order chi connectivity index (χ1) is 7.31. The fourth-order valence-corrected chi connectivity index (χ4v) is 2.38. The Labute approximate surface area is 90.1 Å². The highest BCUT2D eigenvalue weighted by Gasteiger charge is 2.22. The van der Waals surface area contributed by atoms with Gasteiger partial charge in [-0.15, -0.1) is 0 Å². The van der Waals surface area contributed by atoms with Gasteiger partial charge in [0, 0.05) is 18.3 Å². The molecule has 0 bridgehead atoms. The van der Waals surface area contributed by atoms with Crippen molar-refractivity contribution in [2.24, 2.45) is 0 Å². The molecule has 0 radical (unpaired) electrons. The average molecular weight is 206 g/mol. The topological polar surface area (TPSA) is 36.1 Å². The fourth-order valence-electron chi connectivity index (χ4n) is 2.38. The van der Waals surface area contributed by atoms with Crippen LogP contribution in [0.3, 0.4) is 0 Å². The molecule has 0 saturated carbocycles. The van der Waals surface area contributed by atoms with E-state index in [4.69, 9.17) is 0 Å². The number of hydrogen-bond acceptors (Lipinski definition) is 2. The summed E-state index contributed by atoms with van der Waals surface area (Å²) >= 11 is 0. The first kappa shape index (κ1) is 10.4. The van der Waals surface area contributed by atoms with Crippen LogP contribution < -0.4 is 5.56 Å². The van der Waals surface area contributed by atoms with Crippen LogP contribution in [-0.2, 0) is 0 Å². The largest absolute Gasteiger partial charge is 0.329 e. The smallest absolute Gasteiger partial charge is 0.247 e. The van der Waals surface area contributed by atoms with Gasteiger partial charge >= 0.3 is 0 Å². The summed E-state index contributed by atoms with van der Waals surface area (Å²) in [6, 6.07) is 4.08. The second-order valence-electron chi connectivity index (χ2n) is 4.13. The molecule has 3 heteroatoms. The number of aromatic amines is 1. The minimum Gasteiger partial charge on any atom is -0.329 e. The Balaban J connectivity index is 2.20. The van der Waals surface area contributed by atoms with E-state index >= 15 is 0 Å². The summed E-state index contributed by atoms with van der Waals surface area (Å²) in [5.41, 5.74) is 1.23. The monoisotopic (exact) mass is 206 g/mol. The minimum absolute atomic E-state index is 0.0161. The first-order valence-corrected chi connectivity index (χ1v) is 5.74. The third-order valence-corrected chi connectivity index (χ3v) is 3.21. The highest BCUT2D eigenvalue weighted by atomic mass is 16.1. The predicted molar refractivity (Wildman–Crippen MR) is 60.9 cm³/mol. The maximum atomic E-state index is 11.0. The molecule has 2 rings (SSSR count). The summed E-state index contributed by atoms with van der Waals surface area (Å²) in [4.78, 5) is 16.2. The molecule has 1 saturated heterocycles. The number of nitrogens with one attached hydrogen (secondary N) is 1. The van der Waals surface area contributed by atoms with Gasteiger partial charge in [-0.25, -0.2) is 0 Å². The van der Waals surface area contributed by atoms with Gasteiger partial charge in [0.1, 0.15) is 0 Å². The van der Waals surface area contributed by atoms with Crippen molar-refractivity contribution in [3.05, 3.63) is 34.2 Å². The number of rotatable bonds is 2. The van der Waals surface area contributed by atoms with E-state index in [1.165, 1.54) is 31.4 Å². The van der Waals surface area contributed by atoms with E-state index in [9.17, 15) is 4.79 Å². The van der Waals surface area contributed by atoms with Crippen molar-refractivity contribution >= 4 is 0 Å². The molecule has 0 aromatic carbocycles. The van der Waals surface area contributed by atoms with Crippen molar-refractivity contribution in [1.82, 2.24) is 9.88 Å². The van der Waals surface area contributed by atoms with Gasteiger partial charge in [0.2, 0.25) is 5.56 Å². The van der Waals surface area contributed by atoms with Crippen LogP contribution in [0.1, 0.15) is 37.8 Å². The summed E-state index contributed by atoms with van der Waals surface area (Å²) in [5, 5.41) is 0. The number of likely N-dealkylation sites (tertiary alicyclic amines) is 1. The molecule has 0 spiro atoms. The van der Waals surface area contributed by atoms with E-state index in [-0.39, 0.29) is 5.56 Å². The van der Waals surface area contributed by atoms with E-state index in [0.29, 0.717) is 6.04 Å². The third-order valence-electron chi connectivity index (χ3n) is 3.21. The van der Waals surface area contributed by atoms with E-state index in [1.807, 2.05) is 12.3 Å². The van der Waals surface area contributed by atoms with Gasteiger partial charge in [-0.1, -0.05) is 19.4 Å². The Bertz CT molecular complexity index is 352. The standard InChI is InChI=1S/C12H18N2O/c1-2-14-8-4-3-5-11(14)10-6-7-12(15)13-9-10/h6-7,9,11H,2-5,8H2,1H3,(H,13,15)/t11-/m1/s1. The highest BCUT2D eigenvalue weighted by Crippen LogP contribution is 2.29. The molecule has 82 valence electrons. The molecule has 3 nitrogen and oxygen atoms in total. The number of aromatic nitrogens is 1. The van der Waals surface area contributed by atoms with Crippen LogP contribution in [0.4, 0.5) is 0 Å². The summed E-state index contributed by atoms with van der Waals surface area (Å²) in [6.45, 7) is 4.47. The molecule has 1 aromatic heterocycles. The van der Waals surface area contributed by atoms with E-state index < -0.39 is 0 Å². The SMILES string of the molecule is CCN1CCCC[C@@H]1c1ccc(=O)[nH]c1. The number of nitrogens with zero attached hydrogens (tertiary/aromatic N) is 1. The van der Waals surface area contributed by atoms with Crippen LogP contribution in [0.25, 0.3) is 0 Å². The van der Waals surface area contributed by atoms with Crippen molar-refractivity contribution in [2.75, 3.05) is 13.1 Å². The quantitative estimate of drug-likeness (QED) is 0.802. The van der Waals surface area contributed by atoms with Crippen LogP contribution in [0, 0.1) is 0 Å². The van der Waals surface area contributed by atoms with Gasteiger partial charge < -0.3 is 4.98 Å². The van der Waals surface area contributed by atoms with Crippen molar-refractivity contribution in [2.45, 2.75) is 32.2 Å². The predicted octanol–water partition coefficient (Wildman–Crippen LogP) is 1.92. The van der Waals surface area contributed by atoms with Crippen LogP contribution in [-0.4, -0.2) is 23.0 Å². The number of H-pyrrole nitrogens is 1. The van der Waals surface area contributed by atoms with Gasteiger partial charge in [-0.2, -0.15) is 0 Å². The highest BCUT2D eigenvalue weighted by molar-refractivity contribution is 5.14. The van der Waals surface area contributed by atoms with Gasteiger partial charge in [0.15, 0.2) is 0 Å². The second kappa shape index (κ2) is 4.62. The van der Waals surface area contributed by atoms with Crippen molar-refractivity contribution in [3.63, 3.8) is 0 Å². The van der Waals surface area contributed by atoms with E-state index in [1.54, 1.807) is 6.07 Å².